The molecule has 0 bridgehead atoms. The predicted molar refractivity (Wildman–Crippen MR) is 80.4 cm³/mol. The second-order valence-corrected chi connectivity index (χ2v) is 7.08. The van der Waals surface area contributed by atoms with E-state index in [1.54, 1.807) is 0 Å². The number of hydrogen-bond acceptors (Lipinski definition) is 3. The lowest BCUT2D eigenvalue weighted by atomic mass is 9.99. The minimum atomic E-state index is 0.455. The molecule has 2 unspecified atom stereocenters. The van der Waals surface area contributed by atoms with Crippen molar-refractivity contribution in [1.82, 2.24) is 5.32 Å². The first kappa shape index (κ1) is 12.8. The molecule has 2 heterocycles. The van der Waals surface area contributed by atoms with E-state index in [1.165, 1.54) is 23.5 Å². The lowest BCUT2D eigenvalue weighted by Crippen LogP contribution is -2.31. The Kier molecular flexibility index (Phi) is 4.16. The zero-order chi connectivity index (χ0) is 12.4. The summed E-state index contributed by atoms with van der Waals surface area (Å²) in [4.78, 5) is 0. The van der Waals surface area contributed by atoms with E-state index in [0.717, 1.165) is 35.7 Å². The summed E-state index contributed by atoms with van der Waals surface area (Å²) in [5.41, 5.74) is 1.31. The predicted octanol–water partition coefficient (Wildman–Crippen LogP) is 3.62. The Hall–Kier alpha value is -0.190. The number of thioether (sulfide) groups is 1. The van der Waals surface area contributed by atoms with Crippen LogP contribution in [-0.2, 0) is 0 Å². The molecule has 2 aliphatic rings. The lowest BCUT2D eigenvalue weighted by molar-refractivity contribution is 0.249. The van der Waals surface area contributed by atoms with E-state index in [4.69, 9.17) is 4.74 Å². The van der Waals surface area contributed by atoms with E-state index >= 15 is 0 Å². The molecule has 0 radical (unpaired) electrons. The number of halogens is 1. The van der Waals surface area contributed by atoms with Gasteiger partial charge in [-0.15, -0.1) is 0 Å². The Morgan fingerprint density at radius 1 is 1.39 bits per heavy atom. The van der Waals surface area contributed by atoms with Gasteiger partial charge in [0.05, 0.1) is 6.61 Å². The molecule has 1 aromatic carbocycles. The molecule has 1 fully saturated rings. The van der Waals surface area contributed by atoms with Crippen LogP contribution in [0.15, 0.2) is 22.7 Å². The second kappa shape index (κ2) is 5.85. The largest absolute Gasteiger partial charge is 0.493 e. The normalized spacial score (nSPS) is 26.7. The van der Waals surface area contributed by atoms with Crippen LogP contribution in [0.2, 0.25) is 0 Å². The highest BCUT2D eigenvalue weighted by Crippen LogP contribution is 2.34. The van der Waals surface area contributed by atoms with Crippen LogP contribution in [0.5, 0.6) is 5.75 Å². The van der Waals surface area contributed by atoms with Crippen LogP contribution >= 0.6 is 27.7 Å². The number of hydrogen-bond donors (Lipinski definition) is 1. The molecule has 1 saturated heterocycles. The van der Waals surface area contributed by atoms with Gasteiger partial charge < -0.3 is 10.1 Å². The number of fused-ring (bicyclic) bond motifs is 1. The molecule has 0 saturated carbocycles. The Balaban J connectivity index is 1.68. The van der Waals surface area contributed by atoms with Gasteiger partial charge in [0.15, 0.2) is 0 Å². The van der Waals surface area contributed by atoms with Gasteiger partial charge in [0.2, 0.25) is 0 Å². The molecule has 0 aliphatic carbocycles. The van der Waals surface area contributed by atoms with Crippen molar-refractivity contribution >= 4 is 27.7 Å². The Labute approximate surface area is 121 Å². The summed E-state index contributed by atoms with van der Waals surface area (Å²) in [5.74, 6) is 4.56. The van der Waals surface area contributed by atoms with Gasteiger partial charge in [0, 0.05) is 22.5 Å². The fourth-order valence-electron chi connectivity index (χ4n) is 2.63. The van der Waals surface area contributed by atoms with Crippen molar-refractivity contribution in [1.29, 1.82) is 0 Å². The van der Waals surface area contributed by atoms with Crippen LogP contribution in [0.25, 0.3) is 0 Å². The summed E-state index contributed by atoms with van der Waals surface area (Å²) in [5, 5.41) is 3.73. The maximum atomic E-state index is 5.72. The van der Waals surface area contributed by atoms with Gasteiger partial charge >= 0.3 is 0 Å². The quantitative estimate of drug-likeness (QED) is 0.916. The molecule has 98 valence electrons. The molecule has 0 amide bonds. The van der Waals surface area contributed by atoms with E-state index in [2.05, 4.69) is 51.2 Å². The number of nitrogens with one attached hydrogen (secondary N) is 1. The first-order valence-corrected chi connectivity index (χ1v) is 8.51. The van der Waals surface area contributed by atoms with E-state index in [1.807, 2.05) is 0 Å². The summed E-state index contributed by atoms with van der Waals surface area (Å²) < 4.78 is 6.85. The average molecular weight is 328 g/mol. The van der Waals surface area contributed by atoms with E-state index in [0.29, 0.717) is 6.04 Å². The molecule has 18 heavy (non-hydrogen) atoms. The van der Waals surface area contributed by atoms with Gasteiger partial charge in [0.1, 0.15) is 5.75 Å². The van der Waals surface area contributed by atoms with Gasteiger partial charge in [-0.3, -0.25) is 0 Å². The highest BCUT2D eigenvalue weighted by molar-refractivity contribution is 9.10. The molecule has 2 aliphatic heterocycles. The van der Waals surface area contributed by atoms with Crippen molar-refractivity contribution in [2.45, 2.75) is 18.9 Å². The van der Waals surface area contributed by atoms with Crippen molar-refractivity contribution in [3.05, 3.63) is 28.2 Å². The smallest absolute Gasteiger partial charge is 0.124 e. The number of benzene rings is 1. The summed E-state index contributed by atoms with van der Waals surface area (Å²) in [6, 6.07) is 6.76. The maximum Gasteiger partial charge on any atom is 0.124 e. The Morgan fingerprint density at radius 3 is 3.17 bits per heavy atom. The third kappa shape index (κ3) is 2.86. The molecule has 1 N–H and O–H groups in total. The molecule has 0 aromatic heterocycles. The van der Waals surface area contributed by atoms with Gasteiger partial charge in [0.25, 0.3) is 0 Å². The first-order valence-electron chi connectivity index (χ1n) is 6.56. The van der Waals surface area contributed by atoms with Crippen molar-refractivity contribution in [2.75, 3.05) is 24.7 Å². The molecular weight excluding hydrogens is 310 g/mol. The summed E-state index contributed by atoms with van der Waals surface area (Å²) in [6.45, 7) is 1.97. The minimum absolute atomic E-state index is 0.455. The van der Waals surface area contributed by atoms with E-state index in [-0.39, 0.29) is 0 Å². The topological polar surface area (TPSA) is 21.3 Å². The third-order valence-electron chi connectivity index (χ3n) is 3.69. The van der Waals surface area contributed by atoms with Gasteiger partial charge in [-0.05, 0) is 48.6 Å². The second-order valence-electron chi connectivity index (χ2n) is 5.01. The molecule has 2 atom stereocenters. The van der Waals surface area contributed by atoms with Crippen LogP contribution in [-0.4, -0.2) is 24.7 Å². The maximum absolute atomic E-state index is 5.72. The van der Waals surface area contributed by atoms with Crippen molar-refractivity contribution in [3.63, 3.8) is 0 Å². The SMILES string of the molecule is Brc1ccc2c(c1)C(NCC1CCSC1)CCO2. The van der Waals surface area contributed by atoms with Gasteiger partial charge in [-0.1, -0.05) is 15.9 Å². The lowest BCUT2D eigenvalue weighted by Gasteiger charge is -2.28. The summed E-state index contributed by atoms with van der Waals surface area (Å²) >= 11 is 5.63. The van der Waals surface area contributed by atoms with Gasteiger partial charge in [-0.2, -0.15) is 11.8 Å². The van der Waals surface area contributed by atoms with Crippen LogP contribution < -0.4 is 10.1 Å². The van der Waals surface area contributed by atoms with Crippen molar-refractivity contribution < 1.29 is 4.74 Å². The minimum Gasteiger partial charge on any atom is -0.493 e. The number of rotatable bonds is 3. The van der Waals surface area contributed by atoms with Crippen LogP contribution in [0, 0.1) is 5.92 Å². The summed E-state index contributed by atoms with van der Waals surface area (Å²) in [6.07, 6.45) is 2.44. The summed E-state index contributed by atoms with van der Waals surface area (Å²) in [7, 11) is 0. The molecule has 0 spiro atoms. The highest BCUT2D eigenvalue weighted by atomic mass is 79.9. The molecule has 2 nitrogen and oxygen atoms in total. The first-order chi connectivity index (χ1) is 8.83. The zero-order valence-electron chi connectivity index (χ0n) is 10.3. The fourth-order valence-corrected chi connectivity index (χ4v) is 4.29. The van der Waals surface area contributed by atoms with Crippen LogP contribution in [0.4, 0.5) is 0 Å². The van der Waals surface area contributed by atoms with Crippen molar-refractivity contribution in [2.24, 2.45) is 5.92 Å². The van der Waals surface area contributed by atoms with E-state index in [9.17, 15) is 0 Å². The van der Waals surface area contributed by atoms with Crippen LogP contribution in [0.1, 0.15) is 24.4 Å². The highest BCUT2D eigenvalue weighted by Gasteiger charge is 2.23. The standard InChI is InChI=1S/C14H18BrNOS/c15-11-1-2-14-12(7-11)13(3-5-17-14)16-8-10-4-6-18-9-10/h1-2,7,10,13,16H,3-6,8-9H2. The van der Waals surface area contributed by atoms with E-state index < -0.39 is 0 Å². The Morgan fingerprint density at radius 2 is 2.33 bits per heavy atom. The molecule has 4 heteroatoms. The van der Waals surface area contributed by atoms with Gasteiger partial charge in [-0.25, -0.2) is 0 Å². The third-order valence-corrected chi connectivity index (χ3v) is 5.41. The van der Waals surface area contributed by atoms with Crippen molar-refractivity contribution in [3.8, 4) is 5.75 Å². The monoisotopic (exact) mass is 327 g/mol. The average Bonchev–Trinajstić information content (AvgIpc) is 2.89. The molecule has 3 rings (SSSR count). The fraction of sp³-hybridized carbons (Fsp3) is 0.571. The zero-order valence-corrected chi connectivity index (χ0v) is 12.7. The molecule has 1 aromatic rings. The number of ether oxygens (including phenoxy) is 1. The molecular formula is C14H18BrNOS. The Bertz CT molecular complexity index is 420. The van der Waals surface area contributed by atoms with Crippen LogP contribution in [0.3, 0.4) is 0 Å².